The summed E-state index contributed by atoms with van der Waals surface area (Å²) in [5.41, 5.74) is 3.52. The van der Waals surface area contributed by atoms with Gasteiger partial charge in [0.2, 0.25) is 0 Å². The van der Waals surface area contributed by atoms with Gasteiger partial charge in [0.25, 0.3) is 5.91 Å². The van der Waals surface area contributed by atoms with Crippen LogP contribution in [0.2, 0.25) is 5.02 Å². The molecular formula is C22H25ClN2O2. The highest BCUT2D eigenvalue weighted by molar-refractivity contribution is 6.30. The van der Waals surface area contributed by atoms with Crippen LogP contribution in [0.4, 0.5) is 0 Å². The Balaban J connectivity index is 1.81. The quantitative estimate of drug-likeness (QED) is 0.832. The van der Waals surface area contributed by atoms with Crippen LogP contribution in [0.25, 0.3) is 0 Å². The summed E-state index contributed by atoms with van der Waals surface area (Å²) in [5, 5.41) is 4.03. The summed E-state index contributed by atoms with van der Waals surface area (Å²) in [6, 6.07) is 7.59. The number of rotatable bonds is 2. The fraction of sp³-hybridized carbons (Fsp3) is 0.455. The van der Waals surface area contributed by atoms with E-state index < -0.39 is 0 Å². The molecule has 1 N–H and O–H groups in total. The molecule has 142 valence electrons. The van der Waals surface area contributed by atoms with Crippen molar-refractivity contribution in [3.63, 3.8) is 0 Å². The van der Waals surface area contributed by atoms with Crippen LogP contribution in [-0.2, 0) is 9.59 Å². The smallest absolute Gasteiger partial charge is 0.252 e. The zero-order valence-electron chi connectivity index (χ0n) is 15.6. The van der Waals surface area contributed by atoms with Crippen LogP contribution in [0.1, 0.15) is 50.5 Å². The van der Waals surface area contributed by atoms with E-state index in [0.717, 1.165) is 54.9 Å². The van der Waals surface area contributed by atoms with Crippen molar-refractivity contribution < 1.29 is 9.59 Å². The summed E-state index contributed by atoms with van der Waals surface area (Å²) in [4.78, 5) is 28.3. The molecule has 1 aromatic rings. The molecule has 1 aromatic carbocycles. The first-order chi connectivity index (χ1) is 13.1. The summed E-state index contributed by atoms with van der Waals surface area (Å²) in [7, 11) is 0. The summed E-state index contributed by atoms with van der Waals surface area (Å²) < 4.78 is 0. The Morgan fingerprint density at radius 1 is 1.11 bits per heavy atom. The maximum absolute atomic E-state index is 13.5. The maximum atomic E-state index is 13.5. The number of carbonyl (C=O) groups is 2. The molecule has 0 radical (unpaired) electrons. The van der Waals surface area contributed by atoms with Gasteiger partial charge in [0.1, 0.15) is 5.78 Å². The number of piperidine rings is 1. The number of fused-ring (bicyclic) bond motifs is 1. The zero-order chi connectivity index (χ0) is 19.0. The van der Waals surface area contributed by atoms with Crippen molar-refractivity contribution >= 4 is 23.3 Å². The lowest BCUT2D eigenvalue weighted by Crippen LogP contribution is -2.45. The number of nitrogens with one attached hydrogen (secondary N) is 1. The Morgan fingerprint density at radius 3 is 2.52 bits per heavy atom. The van der Waals surface area contributed by atoms with Crippen molar-refractivity contribution in [1.82, 2.24) is 10.2 Å². The van der Waals surface area contributed by atoms with Crippen LogP contribution in [0, 0.1) is 5.92 Å². The number of ketones is 1. The van der Waals surface area contributed by atoms with Gasteiger partial charge < -0.3 is 10.2 Å². The summed E-state index contributed by atoms with van der Waals surface area (Å²) in [5.74, 6) is -0.294. The third-order valence-electron chi connectivity index (χ3n) is 5.92. The molecule has 2 atom stereocenters. The fourth-order valence-corrected chi connectivity index (χ4v) is 4.72. The van der Waals surface area contributed by atoms with Gasteiger partial charge in [-0.1, -0.05) is 29.8 Å². The van der Waals surface area contributed by atoms with E-state index in [0.29, 0.717) is 11.4 Å². The number of benzene rings is 1. The van der Waals surface area contributed by atoms with Gasteiger partial charge >= 0.3 is 0 Å². The van der Waals surface area contributed by atoms with E-state index in [-0.39, 0.29) is 23.5 Å². The molecule has 1 fully saturated rings. The highest BCUT2D eigenvalue weighted by Crippen LogP contribution is 2.44. The molecule has 27 heavy (non-hydrogen) atoms. The Hall–Kier alpha value is -2.07. The number of Topliss-reactive ketones (excluding diaryl/α,β-unsaturated/α-hetero) is 1. The van der Waals surface area contributed by atoms with E-state index in [1.54, 1.807) is 0 Å². The average Bonchev–Trinajstić information content (AvgIpc) is 2.68. The second kappa shape index (κ2) is 7.51. The number of likely N-dealkylation sites (tertiary alicyclic amines) is 1. The number of amides is 1. The molecule has 5 heteroatoms. The molecule has 3 aliphatic rings. The first kappa shape index (κ1) is 18.3. The van der Waals surface area contributed by atoms with Gasteiger partial charge in [-0.05, 0) is 50.3 Å². The van der Waals surface area contributed by atoms with Crippen molar-refractivity contribution in [1.29, 1.82) is 0 Å². The third kappa shape index (κ3) is 3.43. The zero-order valence-corrected chi connectivity index (χ0v) is 16.4. The van der Waals surface area contributed by atoms with Gasteiger partial charge in [0.15, 0.2) is 0 Å². The van der Waals surface area contributed by atoms with Crippen molar-refractivity contribution in [2.45, 2.75) is 44.9 Å². The van der Waals surface area contributed by atoms with Crippen LogP contribution >= 0.6 is 11.6 Å². The van der Waals surface area contributed by atoms with Gasteiger partial charge in [-0.25, -0.2) is 0 Å². The highest BCUT2D eigenvalue weighted by Gasteiger charge is 2.43. The van der Waals surface area contributed by atoms with Crippen LogP contribution in [0.3, 0.4) is 0 Å². The number of nitrogens with zero attached hydrogens (tertiary/aromatic N) is 1. The number of allylic oxidation sites excluding steroid dienone is 3. The minimum atomic E-state index is -0.313. The molecule has 2 heterocycles. The van der Waals surface area contributed by atoms with E-state index in [2.05, 4.69) is 11.4 Å². The molecule has 1 aliphatic carbocycles. The monoisotopic (exact) mass is 384 g/mol. The van der Waals surface area contributed by atoms with E-state index in [1.807, 2.05) is 36.1 Å². The van der Waals surface area contributed by atoms with Gasteiger partial charge in [-0.2, -0.15) is 0 Å². The molecule has 4 nitrogen and oxygen atoms in total. The molecule has 0 aromatic heterocycles. The summed E-state index contributed by atoms with van der Waals surface area (Å²) in [6.07, 6.45) is 6.67. The van der Waals surface area contributed by atoms with Gasteiger partial charge in [-0.3, -0.25) is 9.59 Å². The van der Waals surface area contributed by atoms with E-state index in [4.69, 9.17) is 11.6 Å². The molecule has 4 rings (SSSR count). The van der Waals surface area contributed by atoms with Crippen molar-refractivity contribution in [2.24, 2.45) is 5.92 Å². The van der Waals surface area contributed by atoms with Gasteiger partial charge in [-0.15, -0.1) is 0 Å². The largest absolute Gasteiger partial charge is 0.362 e. The highest BCUT2D eigenvalue weighted by atomic mass is 35.5. The summed E-state index contributed by atoms with van der Waals surface area (Å²) in [6.45, 7) is 3.55. The average molecular weight is 385 g/mol. The topological polar surface area (TPSA) is 49.4 Å². The van der Waals surface area contributed by atoms with E-state index >= 15 is 0 Å². The summed E-state index contributed by atoms with van der Waals surface area (Å²) >= 11 is 6.09. The predicted molar refractivity (Wildman–Crippen MR) is 106 cm³/mol. The second-order valence-electron chi connectivity index (χ2n) is 7.69. The SMILES string of the molecule is CC1=C(C(=O)N2CCCCC2)C(c2ccc(Cl)cc2)C2C(=O)CCC=C2N1. The van der Waals surface area contributed by atoms with Crippen molar-refractivity contribution in [2.75, 3.05) is 13.1 Å². The Morgan fingerprint density at radius 2 is 1.81 bits per heavy atom. The molecule has 0 saturated carbocycles. The Kier molecular flexibility index (Phi) is 5.09. The van der Waals surface area contributed by atoms with Gasteiger partial charge in [0.05, 0.1) is 5.92 Å². The molecule has 0 bridgehead atoms. The van der Waals surface area contributed by atoms with E-state index in [9.17, 15) is 9.59 Å². The van der Waals surface area contributed by atoms with Crippen LogP contribution in [0.5, 0.6) is 0 Å². The van der Waals surface area contributed by atoms with E-state index in [1.165, 1.54) is 6.42 Å². The second-order valence-corrected chi connectivity index (χ2v) is 8.12. The normalized spacial score (nSPS) is 25.6. The van der Waals surface area contributed by atoms with Crippen LogP contribution in [-0.4, -0.2) is 29.7 Å². The van der Waals surface area contributed by atoms with Crippen molar-refractivity contribution in [3.8, 4) is 0 Å². The number of hydrogen-bond acceptors (Lipinski definition) is 3. The van der Waals surface area contributed by atoms with Crippen LogP contribution in [0.15, 0.2) is 47.3 Å². The predicted octanol–water partition coefficient (Wildman–Crippen LogP) is 4.18. The molecule has 1 amide bonds. The molecule has 2 aliphatic heterocycles. The van der Waals surface area contributed by atoms with Gasteiger partial charge in [0, 0.05) is 47.4 Å². The van der Waals surface area contributed by atoms with Crippen LogP contribution < -0.4 is 5.32 Å². The molecule has 1 saturated heterocycles. The lowest BCUT2D eigenvalue weighted by atomic mass is 9.70. The fourth-order valence-electron chi connectivity index (χ4n) is 4.59. The minimum Gasteiger partial charge on any atom is -0.362 e. The molecule has 2 unspecified atom stereocenters. The minimum absolute atomic E-state index is 0.0667. The first-order valence-electron chi connectivity index (χ1n) is 9.81. The number of halogens is 1. The number of carbonyl (C=O) groups excluding carboxylic acids is 2. The Labute approximate surface area is 165 Å². The lowest BCUT2D eigenvalue weighted by molar-refractivity contribution is -0.129. The molecular weight excluding hydrogens is 360 g/mol. The first-order valence-corrected chi connectivity index (χ1v) is 10.2. The standard InChI is InChI=1S/C22H25ClN2O2/c1-14-19(22(27)25-12-3-2-4-13-25)20(15-8-10-16(23)11-9-15)21-17(24-14)6-5-7-18(21)26/h6,8-11,20-21,24H,2-5,7,12-13H2,1H3. The lowest BCUT2D eigenvalue weighted by Gasteiger charge is -2.40. The van der Waals surface area contributed by atoms with Crippen molar-refractivity contribution in [3.05, 3.63) is 57.9 Å². The maximum Gasteiger partial charge on any atom is 0.252 e. The third-order valence-corrected chi connectivity index (χ3v) is 6.17. The molecule has 0 spiro atoms. The number of hydrogen-bond donors (Lipinski definition) is 1. The Bertz CT molecular complexity index is 819.